The first-order chi connectivity index (χ1) is 8.66. The third-order valence-electron chi connectivity index (χ3n) is 3.31. The SMILES string of the molecule is NC(=S)c1ccc(OC2CCCCCC2)c(Br)c1. The van der Waals surface area contributed by atoms with Gasteiger partial charge in [-0.2, -0.15) is 0 Å². The van der Waals surface area contributed by atoms with E-state index in [9.17, 15) is 0 Å². The molecular weight excluding hydrogens is 310 g/mol. The van der Waals surface area contributed by atoms with Crippen LogP contribution in [0.2, 0.25) is 0 Å². The van der Waals surface area contributed by atoms with E-state index in [1.54, 1.807) is 0 Å². The fourth-order valence-electron chi connectivity index (χ4n) is 2.29. The van der Waals surface area contributed by atoms with Crippen molar-refractivity contribution in [3.05, 3.63) is 28.2 Å². The fraction of sp³-hybridized carbons (Fsp3) is 0.500. The molecule has 98 valence electrons. The lowest BCUT2D eigenvalue weighted by Crippen LogP contribution is -2.16. The van der Waals surface area contributed by atoms with Gasteiger partial charge in [0.2, 0.25) is 0 Å². The van der Waals surface area contributed by atoms with E-state index in [0.717, 1.165) is 28.6 Å². The van der Waals surface area contributed by atoms with Crippen LogP contribution in [0.1, 0.15) is 44.1 Å². The maximum Gasteiger partial charge on any atom is 0.133 e. The van der Waals surface area contributed by atoms with Gasteiger partial charge in [-0.05, 0) is 59.8 Å². The molecule has 0 bridgehead atoms. The number of hydrogen-bond acceptors (Lipinski definition) is 2. The Bertz CT molecular complexity index is 428. The van der Waals surface area contributed by atoms with E-state index in [-0.39, 0.29) is 0 Å². The first-order valence-corrected chi connectivity index (χ1v) is 7.63. The zero-order valence-corrected chi connectivity index (χ0v) is 12.7. The Balaban J connectivity index is 2.06. The molecule has 2 rings (SSSR count). The maximum absolute atomic E-state index is 6.07. The molecule has 2 nitrogen and oxygen atoms in total. The van der Waals surface area contributed by atoms with Crippen molar-refractivity contribution in [1.82, 2.24) is 0 Å². The first-order valence-electron chi connectivity index (χ1n) is 6.43. The van der Waals surface area contributed by atoms with Gasteiger partial charge >= 0.3 is 0 Å². The van der Waals surface area contributed by atoms with Gasteiger partial charge in [0.25, 0.3) is 0 Å². The highest BCUT2D eigenvalue weighted by atomic mass is 79.9. The number of benzene rings is 1. The van der Waals surface area contributed by atoms with Crippen molar-refractivity contribution in [2.45, 2.75) is 44.6 Å². The van der Waals surface area contributed by atoms with E-state index in [4.69, 9.17) is 22.7 Å². The van der Waals surface area contributed by atoms with Gasteiger partial charge in [-0.3, -0.25) is 0 Å². The summed E-state index contributed by atoms with van der Waals surface area (Å²) in [5.41, 5.74) is 6.47. The van der Waals surface area contributed by atoms with Crippen LogP contribution in [0.25, 0.3) is 0 Å². The van der Waals surface area contributed by atoms with Crippen molar-refractivity contribution in [3.63, 3.8) is 0 Å². The van der Waals surface area contributed by atoms with Crippen LogP contribution in [0.5, 0.6) is 5.75 Å². The molecule has 0 heterocycles. The second-order valence-corrected chi connectivity index (χ2v) is 6.04. The third-order valence-corrected chi connectivity index (χ3v) is 4.17. The second-order valence-electron chi connectivity index (χ2n) is 4.74. The molecule has 0 radical (unpaired) electrons. The Kier molecular flexibility index (Phi) is 5.01. The molecule has 0 aliphatic heterocycles. The highest BCUT2D eigenvalue weighted by Crippen LogP contribution is 2.29. The van der Waals surface area contributed by atoms with Gasteiger partial charge in [0.05, 0.1) is 10.6 Å². The average Bonchev–Trinajstić information content (AvgIpc) is 2.60. The summed E-state index contributed by atoms with van der Waals surface area (Å²) in [6, 6.07) is 5.79. The third kappa shape index (κ3) is 3.69. The van der Waals surface area contributed by atoms with Crippen molar-refractivity contribution in [1.29, 1.82) is 0 Å². The van der Waals surface area contributed by atoms with Gasteiger partial charge in [-0.1, -0.05) is 25.1 Å². The van der Waals surface area contributed by atoms with Crippen LogP contribution in [0.15, 0.2) is 22.7 Å². The average molecular weight is 328 g/mol. The van der Waals surface area contributed by atoms with E-state index in [1.807, 2.05) is 18.2 Å². The summed E-state index contributed by atoms with van der Waals surface area (Å²) < 4.78 is 7.00. The topological polar surface area (TPSA) is 35.2 Å². The molecule has 1 fully saturated rings. The van der Waals surface area contributed by atoms with Crippen LogP contribution in [0.4, 0.5) is 0 Å². The summed E-state index contributed by atoms with van der Waals surface area (Å²) in [5, 5.41) is 0. The van der Waals surface area contributed by atoms with Gasteiger partial charge in [0, 0.05) is 5.56 Å². The predicted molar refractivity (Wildman–Crippen MR) is 82.1 cm³/mol. The molecule has 1 aromatic rings. The van der Waals surface area contributed by atoms with E-state index < -0.39 is 0 Å². The van der Waals surface area contributed by atoms with Gasteiger partial charge in [0.15, 0.2) is 0 Å². The fourth-order valence-corrected chi connectivity index (χ4v) is 2.89. The zero-order valence-electron chi connectivity index (χ0n) is 10.3. The molecule has 1 saturated carbocycles. The molecule has 0 atom stereocenters. The summed E-state index contributed by atoms with van der Waals surface area (Å²) in [6.07, 6.45) is 7.87. The summed E-state index contributed by atoms with van der Waals surface area (Å²) in [7, 11) is 0. The van der Waals surface area contributed by atoms with Crippen molar-refractivity contribution in [3.8, 4) is 5.75 Å². The smallest absolute Gasteiger partial charge is 0.133 e. The number of thiocarbonyl (C=S) groups is 1. The van der Waals surface area contributed by atoms with E-state index in [1.165, 1.54) is 25.7 Å². The molecule has 0 saturated heterocycles. The number of halogens is 1. The van der Waals surface area contributed by atoms with Crippen LogP contribution in [-0.4, -0.2) is 11.1 Å². The number of hydrogen-bond donors (Lipinski definition) is 1. The number of ether oxygens (including phenoxy) is 1. The normalized spacial score (nSPS) is 17.2. The second kappa shape index (κ2) is 6.53. The molecule has 2 N–H and O–H groups in total. The molecule has 0 spiro atoms. The lowest BCUT2D eigenvalue weighted by molar-refractivity contribution is 0.182. The van der Waals surface area contributed by atoms with Crippen LogP contribution < -0.4 is 10.5 Å². The molecule has 4 heteroatoms. The minimum atomic E-state index is 0.347. The zero-order chi connectivity index (χ0) is 13.0. The first kappa shape index (κ1) is 13.8. The van der Waals surface area contributed by atoms with Crippen LogP contribution >= 0.6 is 28.1 Å². The summed E-state index contributed by atoms with van der Waals surface area (Å²) in [5.74, 6) is 0.891. The molecule has 0 aromatic heterocycles. The highest BCUT2D eigenvalue weighted by molar-refractivity contribution is 9.10. The van der Waals surface area contributed by atoms with E-state index in [2.05, 4.69) is 15.9 Å². The minimum Gasteiger partial charge on any atom is -0.489 e. The Labute approximate surface area is 122 Å². The van der Waals surface area contributed by atoms with Crippen molar-refractivity contribution < 1.29 is 4.74 Å². The van der Waals surface area contributed by atoms with Crippen LogP contribution in [0, 0.1) is 0 Å². The molecule has 1 aliphatic rings. The molecular formula is C14H18BrNOS. The van der Waals surface area contributed by atoms with Crippen molar-refractivity contribution in [2.24, 2.45) is 5.73 Å². The maximum atomic E-state index is 6.07. The van der Waals surface area contributed by atoms with Crippen LogP contribution in [0.3, 0.4) is 0 Å². The lowest BCUT2D eigenvalue weighted by Gasteiger charge is -2.18. The molecule has 1 aromatic carbocycles. The monoisotopic (exact) mass is 327 g/mol. The van der Waals surface area contributed by atoms with Crippen molar-refractivity contribution in [2.75, 3.05) is 0 Å². The summed E-state index contributed by atoms with van der Waals surface area (Å²) in [6.45, 7) is 0. The Morgan fingerprint density at radius 3 is 2.44 bits per heavy atom. The number of rotatable bonds is 3. The minimum absolute atomic E-state index is 0.347. The van der Waals surface area contributed by atoms with Gasteiger partial charge in [0.1, 0.15) is 10.7 Å². The van der Waals surface area contributed by atoms with E-state index in [0.29, 0.717) is 11.1 Å². The van der Waals surface area contributed by atoms with E-state index >= 15 is 0 Å². The van der Waals surface area contributed by atoms with Gasteiger partial charge in [-0.15, -0.1) is 0 Å². The Morgan fingerprint density at radius 1 is 1.22 bits per heavy atom. The van der Waals surface area contributed by atoms with Crippen LogP contribution in [-0.2, 0) is 0 Å². The molecule has 1 aliphatic carbocycles. The number of nitrogens with two attached hydrogens (primary N) is 1. The molecule has 18 heavy (non-hydrogen) atoms. The summed E-state index contributed by atoms with van der Waals surface area (Å²) in [4.78, 5) is 0.414. The van der Waals surface area contributed by atoms with Crippen molar-refractivity contribution >= 4 is 33.1 Å². The largest absolute Gasteiger partial charge is 0.489 e. The Hall–Kier alpha value is -0.610. The predicted octanol–water partition coefficient (Wildman–Crippen LogP) is 4.18. The molecule has 0 unspecified atom stereocenters. The van der Waals surface area contributed by atoms with Gasteiger partial charge < -0.3 is 10.5 Å². The molecule has 0 amide bonds. The van der Waals surface area contributed by atoms with Gasteiger partial charge in [-0.25, -0.2) is 0 Å². The lowest BCUT2D eigenvalue weighted by atomic mass is 10.1. The standard InChI is InChI=1S/C14H18BrNOS/c15-12-9-10(14(16)18)7-8-13(12)17-11-5-3-1-2-4-6-11/h7-9,11H,1-6H2,(H2,16,18). The quantitative estimate of drug-likeness (QED) is 0.668. The Morgan fingerprint density at radius 2 is 1.89 bits per heavy atom. The summed E-state index contributed by atoms with van der Waals surface area (Å²) >= 11 is 8.48. The highest BCUT2D eigenvalue weighted by Gasteiger charge is 2.15.